The van der Waals surface area contributed by atoms with Gasteiger partial charge in [-0.2, -0.15) is 0 Å². The van der Waals surface area contributed by atoms with E-state index in [0.717, 1.165) is 0 Å². The molecule has 0 aromatic carbocycles. The van der Waals surface area contributed by atoms with Crippen molar-refractivity contribution in [1.82, 2.24) is 0 Å². The second kappa shape index (κ2) is 5.47. The van der Waals surface area contributed by atoms with E-state index in [1.165, 1.54) is 0 Å². The number of Topliss-reactive ketones (excluding diaryl/α,β-unsaturated/α-hetero) is 3. The van der Waals surface area contributed by atoms with Gasteiger partial charge in [-0.3, -0.25) is 14.4 Å². The maximum atomic E-state index is 14.1. The lowest BCUT2D eigenvalue weighted by Gasteiger charge is -2.36. The predicted octanol–water partition coefficient (Wildman–Crippen LogP) is -1.21. The molecule has 2 fully saturated rings. The van der Waals surface area contributed by atoms with Crippen LogP contribution < -0.4 is 0 Å². The van der Waals surface area contributed by atoms with Crippen molar-refractivity contribution >= 4 is 33.3 Å². The zero-order chi connectivity index (χ0) is 16.0. The Morgan fingerprint density at radius 1 is 1.48 bits per heavy atom. The van der Waals surface area contributed by atoms with Crippen LogP contribution in [-0.2, 0) is 19.1 Å². The van der Waals surface area contributed by atoms with Gasteiger partial charge in [-0.05, 0) is 0 Å². The van der Waals surface area contributed by atoms with Crippen molar-refractivity contribution in [1.29, 1.82) is 0 Å². The minimum atomic E-state index is -2.57. The topological polar surface area (TPSA) is 121 Å². The molecule has 5 atom stereocenters. The van der Waals surface area contributed by atoms with Crippen LogP contribution in [0.2, 0.25) is 0 Å². The molecule has 1 heterocycles. The Hall–Kier alpha value is -0.740. The Labute approximate surface area is 127 Å². The van der Waals surface area contributed by atoms with Gasteiger partial charge in [0.2, 0.25) is 11.6 Å². The summed E-state index contributed by atoms with van der Waals surface area (Å²) in [6, 6.07) is 0. The van der Waals surface area contributed by atoms with E-state index < -0.39 is 71.7 Å². The molecule has 1 aliphatic heterocycles. The van der Waals surface area contributed by atoms with Crippen LogP contribution in [0, 0.1) is 0 Å². The Kier molecular flexibility index (Phi) is 4.33. The first-order valence-corrected chi connectivity index (χ1v) is 7.05. The largest absolute Gasteiger partial charge is 0.394 e. The molecule has 118 valence electrons. The fourth-order valence-electron chi connectivity index (χ4n) is 2.60. The average molecular weight is 369 g/mol. The highest BCUT2D eigenvalue weighted by Crippen LogP contribution is 2.42. The van der Waals surface area contributed by atoms with Gasteiger partial charge in [0.1, 0.15) is 16.2 Å². The highest BCUT2D eigenvalue weighted by Gasteiger charge is 2.62. The van der Waals surface area contributed by atoms with Crippen LogP contribution in [0.5, 0.6) is 0 Å². The van der Waals surface area contributed by atoms with E-state index in [4.69, 9.17) is 9.84 Å². The third kappa shape index (κ3) is 2.68. The number of alkyl halides is 2. The summed E-state index contributed by atoms with van der Waals surface area (Å²) >= 11 is 2.76. The molecule has 0 aromatic heterocycles. The number of ketones is 3. The Morgan fingerprint density at radius 2 is 2.10 bits per heavy atom. The van der Waals surface area contributed by atoms with Gasteiger partial charge in [0.15, 0.2) is 12.0 Å². The number of carbonyl (C=O) groups excluding carboxylic acids is 3. The van der Waals surface area contributed by atoms with Crippen molar-refractivity contribution in [3.63, 3.8) is 0 Å². The summed E-state index contributed by atoms with van der Waals surface area (Å²) in [5.74, 6) is -5.52. The third-order valence-electron chi connectivity index (χ3n) is 3.68. The summed E-state index contributed by atoms with van der Waals surface area (Å²) in [4.78, 5) is 35.3. The summed E-state index contributed by atoms with van der Waals surface area (Å²) < 4.78 is 16.8. The molecule has 2 unspecified atom stereocenters. The zero-order valence-corrected chi connectivity index (χ0v) is 12.4. The number of hydrogen-bond acceptors (Lipinski definition) is 7. The fraction of sp³-hybridized carbons (Fsp3) is 0.750. The molecule has 9 heteroatoms. The van der Waals surface area contributed by atoms with Crippen molar-refractivity contribution in [3.8, 4) is 0 Å². The molecule has 0 aromatic rings. The molecule has 21 heavy (non-hydrogen) atoms. The molecule has 1 saturated heterocycles. The van der Waals surface area contributed by atoms with Crippen molar-refractivity contribution < 1.29 is 38.8 Å². The number of rotatable bonds is 3. The summed E-state index contributed by atoms with van der Waals surface area (Å²) in [7, 11) is 0. The van der Waals surface area contributed by atoms with E-state index in [2.05, 4.69) is 15.9 Å². The molecule has 0 amide bonds. The van der Waals surface area contributed by atoms with E-state index in [-0.39, 0.29) is 0 Å². The van der Waals surface area contributed by atoms with Crippen LogP contribution in [0.15, 0.2) is 0 Å². The van der Waals surface area contributed by atoms with Crippen LogP contribution in [0.25, 0.3) is 0 Å². The standard InChI is InChI=1S/C12H14BrFO7/c13-11(2-5(16)1-6(17)9(11)14)10(19)12(20)3-7(18)8(4-15)21-12/h7-9,15,18,20H,1-4H2/t7-,8+,9?,11?,12-/m0/s1. The maximum absolute atomic E-state index is 14.1. The van der Waals surface area contributed by atoms with Crippen LogP contribution in [-0.4, -0.2) is 67.8 Å². The predicted molar refractivity (Wildman–Crippen MR) is 68.3 cm³/mol. The molecule has 2 rings (SSSR count). The van der Waals surface area contributed by atoms with Gasteiger partial charge in [0, 0.05) is 12.8 Å². The van der Waals surface area contributed by atoms with Crippen molar-refractivity contribution in [2.75, 3.05) is 6.61 Å². The molecule has 0 radical (unpaired) electrons. The summed E-state index contributed by atoms with van der Waals surface area (Å²) in [6.07, 6.45) is -6.64. The third-order valence-corrected chi connectivity index (χ3v) is 4.73. The minimum absolute atomic E-state index is 0.584. The quantitative estimate of drug-likeness (QED) is 0.422. The van der Waals surface area contributed by atoms with Gasteiger partial charge in [-0.15, -0.1) is 0 Å². The van der Waals surface area contributed by atoms with E-state index in [9.17, 15) is 29.0 Å². The lowest BCUT2D eigenvalue weighted by atomic mass is 9.79. The second-order valence-corrected chi connectivity index (χ2v) is 6.72. The molecule has 0 spiro atoms. The first-order chi connectivity index (χ1) is 9.64. The minimum Gasteiger partial charge on any atom is -0.394 e. The summed E-state index contributed by atoms with van der Waals surface area (Å²) in [6.45, 7) is -0.650. The van der Waals surface area contributed by atoms with Crippen molar-refractivity contribution in [2.45, 2.75) is 47.8 Å². The van der Waals surface area contributed by atoms with E-state index in [0.29, 0.717) is 0 Å². The van der Waals surface area contributed by atoms with Crippen LogP contribution >= 0.6 is 15.9 Å². The van der Waals surface area contributed by atoms with Crippen LogP contribution in [0.3, 0.4) is 0 Å². The number of aliphatic hydroxyl groups is 3. The van der Waals surface area contributed by atoms with Gasteiger partial charge in [-0.25, -0.2) is 4.39 Å². The molecular formula is C12H14BrFO7. The molecule has 1 saturated carbocycles. The first kappa shape index (κ1) is 16.6. The van der Waals surface area contributed by atoms with Gasteiger partial charge in [-0.1, -0.05) is 15.9 Å². The summed E-state index contributed by atoms with van der Waals surface area (Å²) in [5, 5.41) is 28.7. The number of carbonyl (C=O) groups is 3. The van der Waals surface area contributed by atoms with Gasteiger partial charge in [0.05, 0.1) is 19.1 Å². The second-order valence-electron chi connectivity index (χ2n) is 5.31. The highest BCUT2D eigenvalue weighted by molar-refractivity contribution is 9.10. The number of hydrogen-bond donors (Lipinski definition) is 3. The lowest BCUT2D eigenvalue weighted by Crippen LogP contribution is -2.59. The zero-order valence-electron chi connectivity index (χ0n) is 10.8. The number of halogens is 2. The smallest absolute Gasteiger partial charge is 0.231 e. The molecule has 0 bridgehead atoms. The van der Waals surface area contributed by atoms with Gasteiger partial charge in [0.25, 0.3) is 0 Å². The van der Waals surface area contributed by atoms with E-state index >= 15 is 0 Å². The van der Waals surface area contributed by atoms with Crippen LogP contribution in [0.1, 0.15) is 19.3 Å². The summed E-state index contributed by atoms with van der Waals surface area (Å²) in [5.41, 5.74) is 0. The fourth-order valence-corrected chi connectivity index (χ4v) is 3.47. The Balaban J connectivity index is 2.30. The van der Waals surface area contributed by atoms with E-state index in [1.807, 2.05) is 0 Å². The molecule has 2 aliphatic rings. The Morgan fingerprint density at radius 3 is 2.62 bits per heavy atom. The molecule has 3 N–H and O–H groups in total. The number of ether oxygens (including phenoxy) is 1. The normalized spacial score (nSPS) is 44.1. The first-order valence-electron chi connectivity index (χ1n) is 6.25. The Bertz CT molecular complexity index is 498. The number of aliphatic hydroxyl groups excluding tert-OH is 2. The SMILES string of the molecule is O=C1CC(=O)C(F)C(Br)(C(=O)[C@]2(O)C[C@H](O)[C@@H](CO)O2)C1. The average Bonchev–Trinajstić information content (AvgIpc) is 2.70. The highest BCUT2D eigenvalue weighted by atomic mass is 79.9. The molecule has 7 nitrogen and oxygen atoms in total. The van der Waals surface area contributed by atoms with Crippen molar-refractivity contribution in [2.24, 2.45) is 0 Å². The van der Waals surface area contributed by atoms with E-state index in [1.54, 1.807) is 0 Å². The van der Waals surface area contributed by atoms with Crippen molar-refractivity contribution in [3.05, 3.63) is 0 Å². The van der Waals surface area contributed by atoms with Crippen LogP contribution in [0.4, 0.5) is 4.39 Å². The monoisotopic (exact) mass is 368 g/mol. The van der Waals surface area contributed by atoms with Gasteiger partial charge >= 0.3 is 0 Å². The van der Waals surface area contributed by atoms with Gasteiger partial charge < -0.3 is 20.1 Å². The maximum Gasteiger partial charge on any atom is 0.231 e. The lowest BCUT2D eigenvalue weighted by molar-refractivity contribution is -0.205. The molecular weight excluding hydrogens is 355 g/mol. The molecule has 1 aliphatic carbocycles.